The van der Waals surface area contributed by atoms with Crippen LogP contribution >= 0.6 is 0 Å². The van der Waals surface area contributed by atoms with Gasteiger partial charge in [0.15, 0.2) is 0 Å². The van der Waals surface area contributed by atoms with Gasteiger partial charge in [-0.15, -0.1) is 0 Å². The number of halogens is 1. The highest BCUT2D eigenvalue weighted by atomic mass is 19.1. The molecule has 0 fully saturated rings. The quantitative estimate of drug-likeness (QED) is 0.827. The van der Waals surface area contributed by atoms with Crippen LogP contribution in [0.4, 0.5) is 4.39 Å². The predicted octanol–water partition coefficient (Wildman–Crippen LogP) is 4.77. The monoisotopic (exact) mass is 334 g/mol. The number of aliphatic hydroxyl groups is 1. The minimum Gasteiger partial charge on any atom is -0.392 e. The van der Waals surface area contributed by atoms with E-state index in [9.17, 15) is 9.50 Å². The summed E-state index contributed by atoms with van der Waals surface area (Å²) in [6, 6.07) is 5.93. The third-order valence-corrected chi connectivity index (χ3v) is 4.06. The summed E-state index contributed by atoms with van der Waals surface area (Å²) in [5.41, 5.74) is 4.06. The maximum atomic E-state index is 13.4. The molecule has 2 rings (SSSR count). The summed E-state index contributed by atoms with van der Waals surface area (Å²) >= 11 is 0. The zero-order valence-electron chi connectivity index (χ0n) is 17.6. The highest BCUT2D eigenvalue weighted by molar-refractivity contribution is 5.73. The highest BCUT2D eigenvalue weighted by Gasteiger charge is 2.23. The van der Waals surface area contributed by atoms with Crippen LogP contribution in [0.1, 0.15) is 66.2 Å². The minimum atomic E-state index is -2.55. The SMILES string of the molecule is [2H]C([2H])([2H])OCc1c(C(C)C)nc(C(C)C)c(CO)c1-c1ccc(F)cc1. The normalized spacial score (nSPS) is 13.9. The average molecular weight is 334 g/mol. The molecule has 2 aromatic rings. The van der Waals surface area contributed by atoms with E-state index in [4.69, 9.17) is 13.8 Å². The Morgan fingerprint density at radius 3 is 2.17 bits per heavy atom. The van der Waals surface area contributed by atoms with Gasteiger partial charge in [0.25, 0.3) is 0 Å². The predicted molar refractivity (Wildman–Crippen MR) is 94.4 cm³/mol. The van der Waals surface area contributed by atoms with E-state index in [2.05, 4.69) is 0 Å². The van der Waals surface area contributed by atoms with Gasteiger partial charge in [-0.05, 0) is 35.1 Å². The maximum absolute atomic E-state index is 13.4. The molecule has 3 nitrogen and oxygen atoms in total. The molecular formula is C20H26FNO2. The summed E-state index contributed by atoms with van der Waals surface area (Å²) in [6.45, 7) is 7.48. The lowest BCUT2D eigenvalue weighted by Gasteiger charge is -2.23. The molecule has 0 saturated heterocycles. The Morgan fingerprint density at radius 1 is 1.08 bits per heavy atom. The maximum Gasteiger partial charge on any atom is 0.123 e. The van der Waals surface area contributed by atoms with Crippen molar-refractivity contribution in [3.05, 3.63) is 52.6 Å². The van der Waals surface area contributed by atoms with Crippen LogP contribution in [-0.4, -0.2) is 17.1 Å². The van der Waals surface area contributed by atoms with Crippen LogP contribution in [0.25, 0.3) is 11.1 Å². The number of benzene rings is 1. The van der Waals surface area contributed by atoms with Gasteiger partial charge in [0.1, 0.15) is 5.82 Å². The van der Waals surface area contributed by atoms with Crippen LogP contribution < -0.4 is 0 Å². The zero-order valence-corrected chi connectivity index (χ0v) is 14.6. The van der Waals surface area contributed by atoms with Gasteiger partial charge in [0, 0.05) is 29.6 Å². The van der Waals surface area contributed by atoms with Crippen molar-refractivity contribution in [1.29, 1.82) is 0 Å². The Kier molecular flexibility index (Phi) is 4.77. The van der Waals surface area contributed by atoms with Gasteiger partial charge in [-0.3, -0.25) is 4.98 Å². The van der Waals surface area contributed by atoms with Crippen LogP contribution in [0.2, 0.25) is 0 Å². The molecule has 0 amide bonds. The number of aromatic nitrogens is 1. The topological polar surface area (TPSA) is 42.4 Å². The third-order valence-electron chi connectivity index (χ3n) is 4.06. The number of methoxy groups -OCH3 is 1. The van der Waals surface area contributed by atoms with E-state index in [1.165, 1.54) is 12.1 Å². The minimum absolute atomic E-state index is 0.0182. The highest BCUT2D eigenvalue weighted by Crippen LogP contribution is 2.36. The molecule has 0 aliphatic rings. The molecule has 0 saturated carbocycles. The second kappa shape index (κ2) is 7.86. The summed E-state index contributed by atoms with van der Waals surface area (Å²) in [6.07, 6.45) is 0. The molecule has 4 heteroatoms. The molecule has 1 N–H and O–H groups in total. The molecule has 0 radical (unpaired) electrons. The standard InChI is InChI=1S/C20H26FNO2/c1-12(2)19-16(10-23)18(14-6-8-15(21)9-7-14)17(11-24-5)20(22-19)13(3)4/h6-9,12-13,23H,10-11H2,1-5H3/i5D3. The number of rotatable bonds is 6. The zero-order chi connectivity index (χ0) is 20.4. The Labute approximate surface area is 147 Å². The fraction of sp³-hybridized carbons (Fsp3) is 0.450. The number of hydrogen-bond acceptors (Lipinski definition) is 3. The Morgan fingerprint density at radius 2 is 1.67 bits per heavy atom. The van der Waals surface area contributed by atoms with Gasteiger partial charge in [-0.2, -0.15) is 0 Å². The summed E-state index contributed by atoms with van der Waals surface area (Å²) < 4.78 is 40.6. The molecule has 1 heterocycles. The van der Waals surface area contributed by atoms with Crippen LogP contribution in [0.15, 0.2) is 24.3 Å². The van der Waals surface area contributed by atoms with Crippen molar-refractivity contribution < 1.29 is 18.3 Å². The number of aliphatic hydroxyl groups excluding tert-OH is 1. The van der Waals surface area contributed by atoms with Gasteiger partial charge in [0.2, 0.25) is 0 Å². The van der Waals surface area contributed by atoms with Crippen LogP contribution in [0.5, 0.6) is 0 Å². The van der Waals surface area contributed by atoms with Crippen LogP contribution in [0.3, 0.4) is 0 Å². The largest absolute Gasteiger partial charge is 0.392 e. The lowest BCUT2D eigenvalue weighted by atomic mass is 9.87. The summed E-state index contributed by atoms with van der Waals surface area (Å²) in [5, 5.41) is 10.1. The second-order valence-corrected chi connectivity index (χ2v) is 6.48. The molecule has 0 aliphatic carbocycles. The number of ether oxygens (including phenoxy) is 1. The van der Waals surface area contributed by atoms with Crippen molar-refractivity contribution >= 4 is 0 Å². The first-order valence-corrected chi connectivity index (χ1v) is 8.11. The molecule has 130 valence electrons. The molecule has 0 bridgehead atoms. The van der Waals surface area contributed by atoms with E-state index in [-0.39, 0.29) is 30.9 Å². The first-order valence-electron chi connectivity index (χ1n) is 9.61. The summed E-state index contributed by atoms with van der Waals surface area (Å²) in [5.74, 6) is -0.294. The van der Waals surface area contributed by atoms with Crippen molar-refractivity contribution in [3.8, 4) is 11.1 Å². The molecule has 0 spiro atoms. The summed E-state index contributed by atoms with van der Waals surface area (Å²) in [7, 11) is -2.55. The molecule has 0 unspecified atom stereocenters. The second-order valence-electron chi connectivity index (χ2n) is 6.48. The van der Waals surface area contributed by atoms with E-state index in [1.807, 2.05) is 27.7 Å². The van der Waals surface area contributed by atoms with Gasteiger partial charge >= 0.3 is 0 Å². The molecule has 1 aromatic heterocycles. The number of pyridine rings is 1. The fourth-order valence-corrected chi connectivity index (χ4v) is 3.00. The average Bonchev–Trinajstić information content (AvgIpc) is 2.58. The number of nitrogens with zero attached hydrogens (tertiary/aromatic N) is 1. The lowest BCUT2D eigenvalue weighted by Crippen LogP contribution is -2.12. The van der Waals surface area contributed by atoms with E-state index in [1.54, 1.807) is 12.1 Å². The molecular weight excluding hydrogens is 305 g/mol. The van der Waals surface area contributed by atoms with Crippen molar-refractivity contribution in [3.63, 3.8) is 0 Å². The molecule has 0 atom stereocenters. The Balaban J connectivity index is 2.81. The lowest BCUT2D eigenvalue weighted by molar-refractivity contribution is 0.183. The van der Waals surface area contributed by atoms with Gasteiger partial charge < -0.3 is 9.84 Å². The molecule has 1 aromatic carbocycles. The van der Waals surface area contributed by atoms with Gasteiger partial charge in [-0.25, -0.2) is 4.39 Å². The van der Waals surface area contributed by atoms with Crippen molar-refractivity contribution in [2.75, 3.05) is 7.04 Å². The number of hydrogen-bond donors (Lipinski definition) is 1. The third kappa shape index (κ3) is 3.65. The smallest absolute Gasteiger partial charge is 0.123 e. The first-order chi connectivity index (χ1) is 12.5. The van der Waals surface area contributed by atoms with E-state index < -0.39 is 7.04 Å². The molecule has 0 aliphatic heterocycles. The van der Waals surface area contributed by atoms with Gasteiger partial charge in [0.05, 0.1) is 17.3 Å². The fourth-order valence-electron chi connectivity index (χ4n) is 3.00. The Hall–Kier alpha value is -1.78. The summed E-state index contributed by atoms with van der Waals surface area (Å²) in [4.78, 5) is 4.75. The van der Waals surface area contributed by atoms with E-state index in [0.717, 1.165) is 11.4 Å². The van der Waals surface area contributed by atoms with Gasteiger partial charge in [-0.1, -0.05) is 39.8 Å². The van der Waals surface area contributed by atoms with Crippen molar-refractivity contribution in [1.82, 2.24) is 4.98 Å². The molecule has 24 heavy (non-hydrogen) atoms. The van der Waals surface area contributed by atoms with E-state index >= 15 is 0 Å². The Bertz CT molecular complexity index is 787. The van der Waals surface area contributed by atoms with Crippen molar-refractivity contribution in [2.24, 2.45) is 0 Å². The first kappa shape index (κ1) is 14.6. The van der Waals surface area contributed by atoms with Crippen LogP contribution in [0, 0.1) is 5.82 Å². The van der Waals surface area contributed by atoms with E-state index in [0.29, 0.717) is 22.3 Å². The van der Waals surface area contributed by atoms with Crippen molar-refractivity contribution in [2.45, 2.75) is 52.7 Å². The van der Waals surface area contributed by atoms with Crippen LogP contribution in [-0.2, 0) is 18.0 Å².